The van der Waals surface area contributed by atoms with Gasteiger partial charge < -0.3 is 16.6 Å². The van der Waals surface area contributed by atoms with E-state index < -0.39 is 24.2 Å². The lowest BCUT2D eigenvalue weighted by molar-refractivity contribution is -0.138. The summed E-state index contributed by atoms with van der Waals surface area (Å²) in [5, 5.41) is 8.61. The Morgan fingerprint density at radius 2 is 2.07 bits per heavy atom. The van der Waals surface area contributed by atoms with Gasteiger partial charge in [-0.3, -0.25) is 9.59 Å². The number of benzene rings is 1. The highest BCUT2D eigenvalue weighted by atomic mass is 16.4. The molecule has 0 saturated carbocycles. The van der Waals surface area contributed by atoms with Crippen molar-refractivity contribution in [3.8, 4) is 0 Å². The fourth-order valence-corrected chi connectivity index (χ4v) is 1.09. The zero-order valence-electron chi connectivity index (χ0n) is 8.93. The number of nitrogens with two attached hydrogens (primary N) is 2. The summed E-state index contributed by atoms with van der Waals surface area (Å²) in [6, 6.07) is 3.93. The molecule has 5 N–H and O–H groups in total. The third-order valence-electron chi connectivity index (χ3n) is 1.89. The van der Waals surface area contributed by atoms with Gasteiger partial charge in [0, 0.05) is 17.7 Å². The predicted octanol–water partition coefficient (Wildman–Crippen LogP) is 0.253. The molecule has 0 aliphatic carbocycles. The Bertz CT molecular complexity index is 432. The van der Waals surface area contributed by atoms with Crippen molar-refractivity contribution in [2.24, 2.45) is 5.73 Å². The van der Waals surface area contributed by atoms with E-state index in [-0.39, 0.29) is 11.3 Å². The van der Waals surface area contributed by atoms with Crippen molar-refractivity contribution in [1.29, 1.82) is 0 Å². The van der Waals surface area contributed by atoms with Gasteiger partial charge >= 0.3 is 5.97 Å². The highest BCUT2D eigenvalue weighted by Gasteiger charge is 2.18. The first kappa shape index (κ1) is 9.67. The Kier molecular flexibility index (Phi) is 2.94. The lowest BCUT2D eigenvalue weighted by Crippen LogP contribution is -2.32. The van der Waals surface area contributed by atoms with Crippen LogP contribution in [-0.4, -0.2) is 22.9 Å². The maximum atomic E-state index is 11.6. The van der Waals surface area contributed by atoms with E-state index in [9.17, 15) is 9.59 Å². The van der Waals surface area contributed by atoms with Crippen molar-refractivity contribution >= 4 is 17.4 Å². The number of aliphatic carboxylic acids is 1. The minimum atomic E-state index is -2.32. The largest absolute Gasteiger partial charge is 0.480 e. The fourth-order valence-electron chi connectivity index (χ4n) is 1.09. The van der Waals surface area contributed by atoms with E-state index in [0.29, 0.717) is 0 Å². The monoisotopic (exact) mass is 209 g/mol. The number of carboxylic acid groups (broad SMARTS) is 1. The lowest BCUT2D eigenvalue weighted by atomic mass is 10.0. The van der Waals surface area contributed by atoms with Crippen LogP contribution in [0.15, 0.2) is 24.3 Å². The molecule has 0 heterocycles. The number of para-hydroxylation sites is 1. The van der Waals surface area contributed by atoms with Crippen molar-refractivity contribution in [1.82, 2.24) is 0 Å². The minimum absolute atomic E-state index is 0.186. The van der Waals surface area contributed by atoms with E-state index in [1.165, 1.54) is 12.1 Å². The van der Waals surface area contributed by atoms with Gasteiger partial charge in [0.1, 0.15) is 6.02 Å². The summed E-state index contributed by atoms with van der Waals surface area (Å²) < 4.78 is 7.25. The smallest absolute Gasteiger partial charge is 0.320 e. The summed E-state index contributed by atoms with van der Waals surface area (Å²) in [5.41, 5.74) is 11.1. The van der Waals surface area contributed by atoms with Crippen LogP contribution in [0.2, 0.25) is 0 Å². The van der Waals surface area contributed by atoms with E-state index in [2.05, 4.69) is 0 Å². The van der Waals surface area contributed by atoms with Crippen molar-refractivity contribution in [3.63, 3.8) is 0 Å². The fraction of sp³-hybridized carbons (Fsp3) is 0.200. The summed E-state index contributed by atoms with van der Waals surface area (Å²) in [6.45, 7) is 0. The van der Waals surface area contributed by atoms with Gasteiger partial charge in [-0.2, -0.15) is 0 Å². The number of Topliss-reactive ketones (excluding diaryl/α,β-unsaturated/α-hetero) is 1. The summed E-state index contributed by atoms with van der Waals surface area (Å²) in [4.78, 5) is 22.2. The molecular formula is C10H12N2O3. The van der Waals surface area contributed by atoms with Gasteiger partial charge in [-0.25, -0.2) is 0 Å². The van der Waals surface area contributed by atoms with Crippen LogP contribution in [0.25, 0.3) is 0 Å². The maximum absolute atomic E-state index is 11.6. The number of nitrogen functional groups attached to an aromatic ring is 1. The molecule has 1 aromatic rings. The second kappa shape index (κ2) is 4.56. The second-order valence-corrected chi connectivity index (χ2v) is 3.02. The summed E-state index contributed by atoms with van der Waals surface area (Å²) in [7, 11) is 0. The molecule has 1 rings (SSSR count). The molecule has 0 radical (unpaired) electrons. The molecule has 80 valence electrons. The Morgan fingerprint density at radius 1 is 1.47 bits per heavy atom. The molecule has 15 heavy (non-hydrogen) atoms. The molecule has 0 aliphatic heterocycles. The maximum Gasteiger partial charge on any atom is 0.320 e. The number of anilines is 1. The molecule has 0 aromatic heterocycles. The quantitative estimate of drug-likeness (QED) is 0.487. The van der Waals surface area contributed by atoms with Gasteiger partial charge in [0.15, 0.2) is 5.78 Å². The first-order valence-corrected chi connectivity index (χ1v) is 4.24. The second-order valence-electron chi connectivity index (χ2n) is 3.02. The third kappa shape index (κ3) is 2.78. The Morgan fingerprint density at radius 3 is 2.60 bits per heavy atom. The average Bonchev–Trinajstić information content (AvgIpc) is 2.17. The molecule has 1 aromatic carbocycles. The molecule has 0 fully saturated rings. The third-order valence-corrected chi connectivity index (χ3v) is 1.89. The molecule has 0 amide bonds. The molecule has 1 atom stereocenters. The van der Waals surface area contributed by atoms with E-state index in [0.717, 1.165) is 0 Å². The van der Waals surface area contributed by atoms with Crippen LogP contribution >= 0.6 is 0 Å². The molecular weight excluding hydrogens is 196 g/mol. The van der Waals surface area contributed by atoms with E-state index in [1.54, 1.807) is 12.1 Å². The number of hydrogen-bond acceptors (Lipinski definition) is 4. The molecule has 0 aliphatic rings. The van der Waals surface area contributed by atoms with Crippen LogP contribution in [0.4, 0.5) is 5.69 Å². The van der Waals surface area contributed by atoms with Crippen LogP contribution < -0.4 is 11.5 Å². The molecule has 0 bridgehead atoms. The van der Waals surface area contributed by atoms with Gasteiger partial charge in [0.05, 0.1) is 1.37 Å². The van der Waals surface area contributed by atoms with Crippen molar-refractivity contribution < 1.29 is 16.1 Å². The van der Waals surface area contributed by atoms with E-state index in [4.69, 9.17) is 17.9 Å². The number of carbonyl (C=O) groups is 2. The van der Waals surface area contributed by atoms with Crippen LogP contribution in [0.5, 0.6) is 0 Å². The normalized spacial score (nSPS) is 15.1. The zero-order valence-corrected chi connectivity index (χ0v) is 7.93. The zero-order chi connectivity index (χ0) is 12.3. The van der Waals surface area contributed by atoms with Gasteiger partial charge in [0.25, 0.3) is 0 Å². The topological polar surface area (TPSA) is 106 Å². The van der Waals surface area contributed by atoms with Crippen molar-refractivity contribution in [3.05, 3.63) is 29.8 Å². The molecule has 5 heteroatoms. The number of hydrogen-bond donors (Lipinski definition) is 3. The Labute approximate surface area is 88.1 Å². The van der Waals surface area contributed by atoms with Gasteiger partial charge in [0.2, 0.25) is 0 Å². The van der Waals surface area contributed by atoms with Gasteiger partial charge in [-0.15, -0.1) is 0 Å². The van der Waals surface area contributed by atoms with Crippen LogP contribution in [0, 0.1) is 0 Å². The number of ketones is 1. The summed E-state index contributed by atoms with van der Waals surface area (Å²) >= 11 is 0. The van der Waals surface area contributed by atoms with Crippen LogP contribution in [0.3, 0.4) is 0 Å². The number of carbonyl (C=O) groups excluding carboxylic acids is 1. The predicted molar refractivity (Wildman–Crippen MR) is 55.4 cm³/mol. The Balaban J connectivity index is 2.89. The first-order valence-electron chi connectivity index (χ1n) is 4.74. The molecule has 0 unspecified atom stereocenters. The van der Waals surface area contributed by atoms with Crippen molar-refractivity contribution in [2.75, 3.05) is 5.73 Å². The van der Waals surface area contributed by atoms with Crippen LogP contribution in [0.1, 0.15) is 18.1 Å². The van der Waals surface area contributed by atoms with Gasteiger partial charge in [-0.05, 0) is 12.1 Å². The van der Waals surface area contributed by atoms with Crippen molar-refractivity contribution in [2.45, 2.75) is 12.4 Å². The van der Waals surface area contributed by atoms with Gasteiger partial charge in [-0.1, -0.05) is 12.1 Å². The number of rotatable bonds is 4. The molecule has 5 nitrogen and oxygen atoms in total. The van der Waals surface area contributed by atoms with E-state index >= 15 is 0 Å². The van der Waals surface area contributed by atoms with E-state index in [1.807, 2.05) is 0 Å². The summed E-state index contributed by atoms with van der Waals surface area (Å²) in [5.74, 6) is -2.10. The van der Waals surface area contributed by atoms with Crippen LogP contribution in [-0.2, 0) is 4.79 Å². The minimum Gasteiger partial charge on any atom is -0.480 e. The average molecular weight is 209 g/mol. The SMILES string of the molecule is [2H][C@](N)(CC(=O)c1ccccc1N)C(=O)O. The molecule has 0 spiro atoms. The standard InChI is InChI=1S/C10H12N2O3/c11-7-4-2-1-3-6(7)9(13)5-8(12)10(14)15/h1-4,8H,5,11-12H2,(H,14,15)/t8-/m0/s1/i8D. The molecule has 0 saturated heterocycles. The highest BCUT2D eigenvalue weighted by Crippen LogP contribution is 2.13. The number of carboxylic acids is 1. The first-order chi connectivity index (χ1) is 7.34. The summed E-state index contributed by atoms with van der Waals surface area (Å²) in [6.07, 6.45) is -0.615. The highest BCUT2D eigenvalue weighted by molar-refractivity contribution is 6.02. The lowest BCUT2D eigenvalue weighted by Gasteiger charge is -2.07. The Hall–Kier alpha value is -1.88.